The van der Waals surface area contributed by atoms with E-state index in [1.54, 1.807) is 0 Å². The Hall–Kier alpha value is -3.98. The molecule has 11 nitrogen and oxygen atoms in total. The number of nitro groups is 2. The lowest BCUT2D eigenvalue weighted by molar-refractivity contribution is -0.385. The number of halogens is 2. The summed E-state index contributed by atoms with van der Waals surface area (Å²) in [5, 5.41) is 22.6. The molecule has 0 spiro atoms. The quantitative estimate of drug-likeness (QED) is 0.330. The van der Waals surface area contributed by atoms with Gasteiger partial charge in [-0.25, -0.2) is 25.6 Å². The zero-order chi connectivity index (χ0) is 26.3. The number of anilines is 1. The first-order chi connectivity index (χ1) is 16.2. The van der Waals surface area contributed by atoms with Crippen molar-refractivity contribution >= 4 is 37.1 Å². The van der Waals surface area contributed by atoms with Crippen LogP contribution in [-0.2, 0) is 20.0 Å². The lowest BCUT2D eigenvalue weighted by Gasteiger charge is -2.24. The molecule has 3 aromatic carbocycles. The van der Waals surface area contributed by atoms with Crippen LogP contribution in [0.5, 0.6) is 0 Å². The van der Waals surface area contributed by atoms with Crippen molar-refractivity contribution in [1.29, 1.82) is 0 Å². The molecule has 0 unspecified atom stereocenters. The minimum Gasteiger partial charge on any atom is -0.258 e. The van der Waals surface area contributed by atoms with Gasteiger partial charge in [0.15, 0.2) is 11.6 Å². The van der Waals surface area contributed by atoms with Crippen LogP contribution < -0.4 is 3.71 Å². The summed E-state index contributed by atoms with van der Waals surface area (Å²) in [6.07, 6.45) is 0. The van der Waals surface area contributed by atoms with E-state index >= 15 is 0 Å². The van der Waals surface area contributed by atoms with Crippen LogP contribution in [0.25, 0.3) is 0 Å². The van der Waals surface area contributed by atoms with Crippen molar-refractivity contribution in [2.45, 2.75) is 23.6 Å². The Labute approximate surface area is 197 Å². The van der Waals surface area contributed by atoms with Gasteiger partial charge in [0, 0.05) is 29.3 Å². The van der Waals surface area contributed by atoms with Gasteiger partial charge in [0.2, 0.25) is 0 Å². The molecule has 0 heterocycles. The molecular formula is C20H15F2N3O8S2. The summed E-state index contributed by atoms with van der Waals surface area (Å²) in [5.41, 5.74) is -1.99. The summed E-state index contributed by atoms with van der Waals surface area (Å²) in [5.74, 6) is -2.98. The highest BCUT2D eigenvalue weighted by Crippen LogP contribution is 2.34. The zero-order valence-corrected chi connectivity index (χ0v) is 19.5. The first-order valence-corrected chi connectivity index (χ1v) is 12.3. The van der Waals surface area contributed by atoms with Crippen molar-refractivity contribution in [3.8, 4) is 0 Å². The second kappa shape index (κ2) is 8.99. The third-order valence-corrected chi connectivity index (χ3v) is 9.07. The molecule has 35 heavy (non-hydrogen) atoms. The molecule has 0 aliphatic carbocycles. The lowest BCUT2D eigenvalue weighted by atomic mass is 10.2. The van der Waals surface area contributed by atoms with Crippen molar-refractivity contribution in [2.24, 2.45) is 0 Å². The van der Waals surface area contributed by atoms with E-state index in [4.69, 9.17) is 0 Å². The van der Waals surface area contributed by atoms with Crippen LogP contribution in [0.2, 0.25) is 0 Å². The number of rotatable bonds is 7. The van der Waals surface area contributed by atoms with Gasteiger partial charge in [-0.1, -0.05) is 12.1 Å². The molecule has 3 rings (SSSR count). The SMILES string of the molecule is Cc1ccc(S(=O)(=O)N(c2ccc(F)c(F)c2)S(=O)(=O)c2ccc(C)c([N+](=O)[O-])c2)cc1[N+](=O)[O-]. The van der Waals surface area contributed by atoms with Gasteiger partial charge >= 0.3 is 0 Å². The van der Waals surface area contributed by atoms with Gasteiger partial charge in [0.05, 0.1) is 25.3 Å². The van der Waals surface area contributed by atoms with Crippen LogP contribution in [0.4, 0.5) is 25.8 Å². The van der Waals surface area contributed by atoms with E-state index in [2.05, 4.69) is 0 Å². The summed E-state index contributed by atoms with van der Waals surface area (Å²) in [4.78, 5) is 19.1. The number of nitro benzene ring substituents is 2. The molecule has 0 aliphatic rings. The predicted octanol–water partition coefficient (Wildman–Crippen LogP) is 3.98. The van der Waals surface area contributed by atoms with Crippen LogP contribution in [0.3, 0.4) is 0 Å². The average molecular weight is 527 g/mol. The number of benzene rings is 3. The van der Waals surface area contributed by atoms with E-state index in [9.17, 15) is 45.8 Å². The van der Waals surface area contributed by atoms with E-state index in [1.807, 2.05) is 0 Å². The Morgan fingerprint density at radius 2 is 1.11 bits per heavy atom. The predicted molar refractivity (Wildman–Crippen MR) is 119 cm³/mol. The maximum atomic E-state index is 14.0. The van der Waals surface area contributed by atoms with Crippen molar-refractivity contribution in [3.05, 3.63) is 97.6 Å². The van der Waals surface area contributed by atoms with Crippen LogP contribution in [0.1, 0.15) is 11.1 Å². The van der Waals surface area contributed by atoms with Crippen molar-refractivity contribution in [2.75, 3.05) is 3.71 Å². The monoisotopic (exact) mass is 527 g/mol. The number of hydrogen-bond acceptors (Lipinski definition) is 8. The molecule has 0 bridgehead atoms. The first kappa shape index (κ1) is 25.6. The molecule has 0 saturated heterocycles. The highest BCUT2D eigenvalue weighted by Gasteiger charge is 2.39. The fourth-order valence-corrected chi connectivity index (χ4v) is 6.81. The number of nitrogens with zero attached hydrogens (tertiary/aromatic N) is 3. The zero-order valence-electron chi connectivity index (χ0n) is 17.9. The lowest BCUT2D eigenvalue weighted by Crippen LogP contribution is -2.37. The molecule has 0 aromatic heterocycles. The van der Waals surface area contributed by atoms with Gasteiger partial charge in [-0.3, -0.25) is 20.2 Å². The molecule has 3 aromatic rings. The van der Waals surface area contributed by atoms with Crippen molar-refractivity contribution in [1.82, 2.24) is 0 Å². The summed E-state index contributed by atoms with van der Waals surface area (Å²) >= 11 is 0. The summed E-state index contributed by atoms with van der Waals surface area (Å²) in [6.45, 7) is 2.65. The van der Waals surface area contributed by atoms with Gasteiger partial charge in [0.1, 0.15) is 0 Å². The highest BCUT2D eigenvalue weighted by molar-refractivity contribution is 8.10. The van der Waals surface area contributed by atoms with Crippen LogP contribution >= 0.6 is 0 Å². The Morgan fingerprint density at radius 3 is 1.49 bits per heavy atom. The fraction of sp³-hybridized carbons (Fsp3) is 0.100. The molecule has 0 amide bonds. The normalized spacial score (nSPS) is 11.8. The van der Waals surface area contributed by atoms with Gasteiger partial charge in [-0.2, -0.15) is 3.71 Å². The van der Waals surface area contributed by atoms with Crippen LogP contribution in [0, 0.1) is 45.7 Å². The largest absolute Gasteiger partial charge is 0.277 e. The van der Waals surface area contributed by atoms with E-state index in [0.717, 1.165) is 24.3 Å². The Morgan fingerprint density at radius 1 is 0.686 bits per heavy atom. The third kappa shape index (κ3) is 4.67. The second-order valence-corrected chi connectivity index (χ2v) is 11.0. The molecule has 0 aliphatic heterocycles. The standard InChI is InChI=1S/C20H15F2N3O8S2/c1-12-3-6-15(10-19(12)23(26)27)34(30,31)25(14-5-8-17(21)18(22)9-14)35(32,33)16-7-4-13(2)20(11-16)24(28)29/h3-11H,1-2H3. The van der Waals surface area contributed by atoms with Crippen LogP contribution in [-0.4, -0.2) is 26.7 Å². The van der Waals surface area contributed by atoms with E-state index in [1.165, 1.54) is 13.8 Å². The Bertz CT molecular complexity index is 1500. The van der Waals surface area contributed by atoms with E-state index < -0.39 is 68.4 Å². The highest BCUT2D eigenvalue weighted by atomic mass is 32.3. The Kier molecular flexibility index (Phi) is 6.59. The minimum atomic E-state index is -5.22. The molecule has 0 fully saturated rings. The summed E-state index contributed by atoms with van der Waals surface area (Å²) in [6, 6.07) is 6.62. The average Bonchev–Trinajstić information content (AvgIpc) is 2.75. The number of aryl methyl sites for hydroxylation is 2. The van der Waals surface area contributed by atoms with Gasteiger partial charge in [0.25, 0.3) is 31.4 Å². The second-order valence-electron chi connectivity index (χ2n) is 7.22. The van der Waals surface area contributed by atoms with E-state index in [0.29, 0.717) is 30.3 Å². The van der Waals surface area contributed by atoms with Crippen molar-refractivity contribution in [3.63, 3.8) is 0 Å². The van der Waals surface area contributed by atoms with Crippen molar-refractivity contribution < 1.29 is 35.5 Å². The Balaban J connectivity index is 2.35. The number of sulfonamides is 2. The van der Waals surface area contributed by atoms with Gasteiger partial charge < -0.3 is 0 Å². The maximum absolute atomic E-state index is 14.0. The topological polar surface area (TPSA) is 158 Å². The molecule has 0 atom stereocenters. The minimum absolute atomic E-state index is 0.0744. The van der Waals surface area contributed by atoms with E-state index in [-0.39, 0.29) is 14.8 Å². The fourth-order valence-electron chi connectivity index (χ4n) is 3.09. The molecule has 0 saturated carbocycles. The first-order valence-electron chi connectivity index (χ1n) is 9.43. The summed E-state index contributed by atoms with van der Waals surface area (Å²) in [7, 11) is -10.4. The smallest absolute Gasteiger partial charge is 0.258 e. The number of hydrogen-bond donors (Lipinski definition) is 0. The van der Waals surface area contributed by atoms with Gasteiger partial charge in [-0.05, 0) is 38.1 Å². The molecule has 0 radical (unpaired) electrons. The third-order valence-electron chi connectivity index (χ3n) is 4.90. The molecule has 15 heteroatoms. The van der Waals surface area contributed by atoms with Gasteiger partial charge in [-0.15, -0.1) is 0 Å². The maximum Gasteiger partial charge on any atom is 0.277 e. The molecule has 184 valence electrons. The molecular weight excluding hydrogens is 512 g/mol. The molecule has 0 N–H and O–H groups in total. The van der Waals surface area contributed by atoms with Crippen LogP contribution in [0.15, 0.2) is 64.4 Å². The summed E-state index contributed by atoms with van der Waals surface area (Å²) < 4.78 is 81.2.